The third kappa shape index (κ3) is 5.83. The van der Waals surface area contributed by atoms with Crippen LogP contribution in [0.4, 0.5) is 14.6 Å². The largest absolute Gasteiger partial charge is 0.394 e. The van der Waals surface area contributed by atoms with Gasteiger partial charge in [0.1, 0.15) is 23.1 Å². The van der Waals surface area contributed by atoms with Crippen LogP contribution in [0.3, 0.4) is 0 Å². The SMILES string of the molecule is [2H]C1(O)CCC(c2cnc(N)c(-c3ccc(C(=O)N[C@@H](c4cc(F)cc(Br)c4)C([2H])([2H])O)c(F)c3)n2)CC1. The van der Waals surface area contributed by atoms with Crippen LogP contribution in [-0.2, 0) is 0 Å². The zero-order valence-corrected chi connectivity index (χ0v) is 20.0. The summed E-state index contributed by atoms with van der Waals surface area (Å²) < 4.78 is 52.4. The Labute approximate surface area is 213 Å². The quantitative estimate of drug-likeness (QED) is 0.364. The number of halogens is 3. The molecule has 1 aliphatic rings. The van der Waals surface area contributed by atoms with Crippen molar-refractivity contribution in [1.82, 2.24) is 15.3 Å². The molecule has 2 aromatic carbocycles. The first-order valence-corrected chi connectivity index (χ1v) is 11.7. The minimum absolute atomic E-state index is 0.0448. The van der Waals surface area contributed by atoms with Gasteiger partial charge in [0.05, 0.1) is 40.2 Å². The summed E-state index contributed by atoms with van der Waals surface area (Å²) in [5.74, 6) is -2.71. The number of nitrogen functional groups attached to an aromatic ring is 1. The molecule has 1 aliphatic carbocycles. The minimum atomic E-state index is -2.99. The van der Waals surface area contributed by atoms with Gasteiger partial charge in [0, 0.05) is 16.0 Å². The third-order valence-electron chi connectivity index (χ3n) is 5.91. The lowest BCUT2D eigenvalue weighted by molar-refractivity contribution is 0.0912. The van der Waals surface area contributed by atoms with Crippen molar-refractivity contribution in [1.29, 1.82) is 0 Å². The minimum Gasteiger partial charge on any atom is -0.394 e. The van der Waals surface area contributed by atoms with E-state index in [9.17, 15) is 19.4 Å². The van der Waals surface area contributed by atoms with Crippen molar-refractivity contribution < 1.29 is 27.9 Å². The van der Waals surface area contributed by atoms with E-state index in [2.05, 4.69) is 31.2 Å². The highest BCUT2D eigenvalue weighted by molar-refractivity contribution is 9.10. The molecule has 4 rings (SSSR count). The standard InChI is InChI=1S/C25H25BrF2N4O3/c26-16-7-15(8-17(27)10-16)22(12-33)32-25(35)19-6-3-14(9-20(19)28)23-24(29)30-11-21(31-23)13-1-4-18(34)5-2-13/h3,6-11,13,18,22,33-34H,1-2,4-5,12H2,(H2,29,30)(H,32,35)/t13?,18?,22-/m1/s1/i12D2,18D. The van der Waals surface area contributed by atoms with E-state index in [1.165, 1.54) is 24.4 Å². The Morgan fingerprint density at radius 2 is 2.00 bits per heavy atom. The summed E-state index contributed by atoms with van der Waals surface area (Å²) in [7, 11) is 0. The van der Waals surface area contributed by atoms with Crippen molar-refractivity contribution >= 4 is 27.7 Å². The lowest BCUT2D eigenvalue weighted by Gasteiger charge is -2.25. The van der Waals surface area contributed by atoms with Crippen LogP contribution in [0.25, 0.3) is 11.3 Å². The summed E-state index contributed by atoms with van der Waals surface area (Å²) in [6.07, 6.45) is 1.71. The molecule has 0 bridgehead atoms. The summed E-state index contributed by atoms with van der Waals surface area (Å²) in [5, 5.41) is 22.1. The van der Waals surface area contributed by atoms with E-state index in [1.54, 1.807) is 0 Å². The number of hydrogen-bond donors (Lipinski definition) is 4. The van der Waals surface area contributed by atoms with Crippen molar-refractivity contribution in [3.8, 4) is 11.3 Å². The lowest BCUT2D eigenvalue weighted by atomic mass is 9.85. The highest BCUT2D eigenvalue weighted by atomic mass is 79.9. The monoisotopic (exact) mass is 549 g/mol. The van der Waals surface area contributed by atoms with Crippen LogP contribution < -0.4 is 11.1 Å². The number of hydrogen-bond acceptors (Lipinski definition) is 6. The van der Waals surface area contributed by atoms with Gasteiger partial charge in [-0.1, -0.05) is 22.0 Å². The van der Waals surface area contributed by atoms with Crippen LogP contribution in [0.15, 0.2) is 47.1 Å². The number of carbonyl (C=O) groups excluding carboxylic acids is 1. The highest BCUT2D eigenvalue weighted by Crippen LogP contribution is 2.34. The molecule has 0 spiro atoms. The van der Waals surface area contributed by atoms with Gasteiger partial charge in [0.2, 0.25) is 0 Å². The van der Waals surface area contributed by atoms with Gasteiger partial charge in [-0.25, -0.2) is 18.7 Å². The molecule has 1 atom stereocenters. The average Bonchev–Trinajstić information content (AvgIpc) is 2.81. The average molecular weight is 550 g/mol. The summed E-state index contributed by atoms with van der Waals surface area (Å²) in [6, 6.07) is 5.33. The molecule has 1 fully saturated rings. The number of carbonyl (C=O) groups is 1. The molecule has 1 amide bonds. The first-order chi connectivity index (χ1) is 17.7. The zero-order valence-electron chi connectivity index (χ0n) is 21.4. The van der Waals surface area contributed by atoms with Crippen molar-refractivity contribution in [2.24, 2.45) is 0 Å². The molecule has 0 unspecified atom stereocenters. The number of anilines is 1. The number of rotatable bonds is 6. The second kappa shape index (κ2) is 10.8. The van der Waals surface area contributed by atoms with E-state index in [0.717, 1.165) is 18.2 Å². The van der Waals surface area contributed by atoms with E-state index >= 15 is 4.39 Å². The molecule has 5 N–H and O–H groups in total. The van der Waals surface area contributed by atoms with Gasteiger partial charge in [0.15, 0.2) is 0 Å². The second-order valence-electron chi connectivity index (χ2n) is 8.30. The van der Waals surface area contributed by atoms with Gasteiger partial charge in [-0.15, -0.1) is 0 Å². The molecule has 184 valence electrons. The van der Waals surface area contributed by atoms with E-state index in [4.69, 9.17) is 9.85 Å². The van der Waals surface area contributed by atoms with Crippen molar-refractivity contribution in [2.45, 2.75) is 43.7 Å². The van der Waals surface area contributed by atoms with Crippen LogP contribution in [0.1, 0.15) is 63.4 Å². The van der Waals surface area contributed by atoms with Gasteiger partial charge >= 0.3 is 0 Å². The lowest BCUT2D eigenvalue weighted by Crippen LogP contribution is -2.31. The molecule has 1 aromatic heterocycles. The molecule has 35 heavy (non-hydrogen) atoms. The summed E-state index contributed by atoms with van der Waals surface area (Å²) >= 11 is 3.08. The highest BCUT2D eigenvalue weighted by Gasteiger charge is 2.24. The molecule has 7 nitrogen and oxygen atoms in total. The number of nitrogens with zero attached hydrogens (tertiary/aromatic N) is 2. The number of amides is 1. The Balaban J connectivity index is 1.59. The smallest absolute Gasteiger partial charge is 0.254 e. The fraction of sp³-hybridized carbons (Fsp3) is 0.320. The maximum absolute atomic E-state index is 15.1. The van der Waals surface area contributed by atoms with Crippen molar-refractivity contribution in [2.75, 3.05) is 12.3 Å². The van der Waals surface area contributed by atoms with E-state index in [0.29, 0.717) is 18.5 Å². The second-order valence-corrected chi connectivity index (χ2v) is 9.22. The van der Waals surface area contributed by atoms with E-state index in [1.807, 2.05) is 0 Å². The van der Waals surface area contributed by atoms with Gasteiger partial charge in [-0.3, -0.25) is 4.79 Å². The number of aromatic nitrogens is 2. The number of benzene rings is 2. The maximum atomic E-state index is 15.1. The van der Waals surface area contributed by atoms with E-state index in [-0.39, 0.29) is 45.9 Å². The number of aliphatic hydroxyl groups is 2. The van der Waals surface area contributed by atoms with Crippen molar-refractivity contribution in [3.63, 3.8) is 0 Å². The number of nitrogens with two attached hydrogens (primary N) is 1. The molecule has 10 heteroatoms. The summed E-state index contributed by atoms with van der Waals surface area (Å²) in [6.45, 7) is -2.99. The van der Waals surface area contributed by atoms with Crippen molar-refractivity contribution in [3.05, 3.63) is 75.5 Å². The Morgan fingerprint density at radius 3 is 2.66 bits per heavy atom. The van der Waals surface area contributed by atoms with Crippen LogP contribution >= 0.6 is 15.9 Å². The zero-order chi connectivity index (χ0) is 27.8. The molecule has 1 heterocycles. The van der Waals surface area contributed by atoms with Gasteiger partial charge in [-0.2, -0.15) is 0 Å². The first-order valence-electron chi connectivity index (χ1n) is 12.4. The number of nitrogens with one attached hydrogen (secondary N) is 1. The van der Waals surface area contributed by atoms with Crippen LogP contribution in [0.2, 0.25) is 0 Å². The van der Waals surface area contributed by atoms with Crippen LogP contribution in [0, 0.1) is 11.6 Å². The predicted octanol–water partition coefficient (Wildman–Crippen LogP) is 4.25. The molecule has 0 radical (unpaired) electrons. The van der Waals surface area contributed by atoms with Gasteiger partial charge in [-0.05, 0) is 61.6 Å². The Morgan fingerprint density at radius 1 is 1.26 bits per heavy atom. The molecule has 0 saturated heterocycles. The molecular formula is C25H25BrF2N4O3. The van der Waals surface area contributed by atoms with E-state index < -0.39 is 41.8 Å². The van der Waals surface area contributed by atoms with Gasteiger partial charge < -0.3 is 21.3 Å². The molecular weight excluding hydrogens is 522 g/mol. The normalized spacial score (nSPS) is 22.5. The summed E-state index contributed by atoms with van der Waals surface area (Å²) in [5.41, 5.74) is 6.54. The third-order valence-corrected chi connectivity index (χ3v) is 6.37. The Bertz CT molecular complexity index is 1340. The fourth-order valence-corrected chi connectivity index (χ4v) is 4.54. The molecule has 0 aliphatic heterocycles. The topological polar surface area (TPSA) is 121 Å². The molecule has 3 aromatic rings. The predicted molar refractivity (Wildman–Crippen MR) is 130 cm³/mol. The maximum Gasteiger partial charge on any atom is 0.254 e. The van der Waals surface area contributed by atoms with Crippen LogP contribution in [0.5, 0.6) is 0 Å². The molecule has 1 saturated carbocycles. The van der Waals surface area contributed by atoms with Gasteiger partial charge in [0.25, 0.3) is 5.91 Å². The summed E-state index contributed by atoms with van der Waals surface area (Å²) in [4.78, 5) is 21.6. The first kappa shape index (κ1) is 21.3. The van der Waals surface area contributed by atoms with Crippen LogP contribution in [-0.4, -0.2) is 38.7 Å². The fourth-order valence-electron chi connectivity index (χ4n) is 4.06. The Kier molecular flexibility index (Phi) is 6.56. The Hall–Kier alpha value is -2.95.